The van der Waals surface area contributed by atoms with Crippen molar-refractivity contribution in [2.75, 3.05) is 6.61 Å². The molecule has 0 radical (unpaired) electrons. The van der Waals surface area contributed by atoms with Crippen LogP contribution in [-0.2, 0) is 13.0 Å². The SMILES string of the molecule is CCCCCn1nnc(C(=O)O)c1CCCOc1ccccc1. The van der Waals surface area contributed by atoms with Crippen LogP contribution in [0.1, 0.15) is 48.8 Å². The fourth-order valence-electron chi connectivity index (χ4n) is 2.38. The molecule has 6 nitrogen and oxygen atoms in total. The molecule has 0 amide bonds. The summed E-state index contributed by atoms with van der Waals surface area (Å²) in [5.41, 5.74) is 0.742. The molecule has 2 rings (SSSR count). The molecule has 0 saturated carbocycles. The standard InChI is InChI=1S/C17H23N3O3/c1-2-3-7-12-20-15(16(17(21)22)18-19-20)11-8-13-23-14-9-5-4-6-10-14/h4-6,9-10H,2-3,7-8,11-13H2,1H3,(H,21,22). The van der Waals surface area contributed by atoms with Crippen LogP contribution in [0.5, 0.6) is 5.75 Å². The number of unbranched alkanes of at least 4 members (excludes halogenated alkanes) is 2. The molecule has 0 atom stereocenters. The zero-order valence-corrected chi connectivity index (χ0v) is 13.4. The highest BCUT2D eigenvalue weighted by Gasteiger charge is 2.18. The summed E-state index contributed by atoms with van der Waals surface area (Å²) in [5, 5.41) is 17.0. The molecule has 0 bridgehead atoms. The van der Waals surface area contributed by atoms with Crippen molar-refractivity contribution in [3.63, 3.8) is 0 Å². The summed E-state index contributed by atoms with van der Waals surface area (Å²) in [6.45, 7) is 3.37. The molecule has 124 valence electrons. The predicted molar refractivity (Wildman–Crippen MR) is 86.8 cm³/mol. The highest BCUT2D eigenvalue weighted by atomic mass is 16.5. The summed E-state index contributed by atoms with van der Waals surface area (Å²) in [5.74, 6) is -0.203. The fraction of sp³-hybridized carbons (Fsp3) is 0.471. The van der Waals surface area contributed by atoms with Gasteiger partial charge in [0.1, 0.15) is 5.75 Å². The maximum atomic E-state index is 11.3. The van der Waals surface area contributed by atoms with Crippen LogP contribution < -0.4 is 4.74 Å². The topological polar surface area (TPSA) is 77.2 Å². The highest BCUT2D eigenvalue weighted by Crippen LogP contribution is 2.12. The maximum absolute atomic E-state index is 11.3. The zero-order chi connectivity index (χ0) is 16.5. The summed E-state index contributed by atoms with van der Waals surface area (Å²) in [6, 6.07) is 9.58. The Morgan fingerprint density at radius 2 is 2.00 bits per heavy atom. The number of aromatic carboxylic acids is 1. The highest BCUT2D eigenvalue weighted by molar-refractivity contribution is 5.86. The van der Waals surface area contributed by atoms with Crippen LogP contribution in [0, 0.1) is 0 Å². The molecule has 0 aliphatic carbocycles. The third kappa shape index (κ3) is 5.09. The molecule has 6 heteroatoms. The molecule has 2 aromatic rings. The van der Waals surface area contributed by atoms with E-state index in [4.69, 9.17) is 4.74 Å². The zero-order valence-electron chi connectivity index (χ0n) is 13.4. The minimum Gasteiger partial charge on any atom is -0.494 e. The molecular weight excluding hydrogens is 294 g/mol. The maximum Gasteiger partial charge on any atom is 0.358 e. The van der Waals surface area contributed by atoms with Crippen molar-refractivity contribution in [3.8, 4) is 5.75 Å². The second-order valence-electron chi connectivity index (χ2n) is 5.39. The van der Waals surface area contributed by atoms with E-state index in [0.29, 0.717) is 25.3 Å². The number of para-hydroxylation sites is 1. The van der Waals surface area contributed by atoms with Gasteiger partial charge in [-0.15, -0.1) is 5.10 Å². The van der Waals surface area contributed by atoms with Crippen molar-refractivity contribution in [1.82, 2.24) is 15.0 Å². The molecule has 0 saturated heterocycles. The number of aromatic nitrogens is 3. The lowest BCUT2D eigenvalue weighted by Gasteiger charge is -2.08. The van der Waals surface area contributed by atoms with E-state index in [9.17, 15) is 9.90 Å². The number of hydrogen-bond acceptors (Lipinski definition) is 4. The summed E-state index contributed by atoms with van der Waals surface area (Å²) in [6.07, 6.45) is 4.50. The van der Waals surface area contributed by atoms with Gasteiger partial charge in [0, 0.05) is 6.54 Å². The van der Waals surface area contributed by atoms with Gasteiger partial charge >= 0.3 is 5.97 Å². The Kier molecular flexibility index (Phi) is 6.59. The van der Waals surface area contributed by atoms with Crippen LogP contribution in [0.25, 0.3) is 0 Å². The first-order valence-electron chi connectivity index (χ1n) is 8.06. The Bertz CT molecular complexity index is 611. The molecule has 0 fully saturated rings. The number of aryl methyl sites for hydroxylation is 1. The van der Waals surface area contributed by atoms with Gasteiger partial charge in [0.2, 0.25) is 0 Å². The van der Waals surface area contributed by atoms with E-state index in [1.807, 2.05) is 30.3 Å². The third-order valence-corrected chi connectivity index (χ3v) is 3.58. The van der Waals surface area contributed by atoms with E-state index in [2.05, 4.69) is 17.2 Å². The lowest BCUT2D eigenvalue weighted by Crippen LogP contribution is -2.10. The number of hydrogen-bond donors (Lipinski definition) is 1. The van der Waals surface area contributed by atoms with E-state index in [1.54, 1.807) is 4.68 Å². The largest absolute Gasteiger partial charge is 0.494 e. The third-order valence-electron chi connectivity index (χ3n) is 3.58. The Hall–Kier alpha value is -2.37. The first-order valence-corrected chi connectivity index (χ1v) is 8.06. The molecule has 0 spiro atoms. The molecule has 1 N–H and O–H groups in total. The predicted octanol–water partition coefficient (Wildman–Crippen LogP) is 3.18. The minimum atomic E-state index is -1.02. The average Bonchev–Trinajstić information content (AvgIpc) is 2.96. The second-order valence-corrected chi connectivity index (χ2v) is 5.39. The molecule has 1 aromatic carbocycles. The van der Waals surface area contributed by atoms with Crippen LogP contribution in [-0.4, -0.2) is 32.7 Å². The monoisotopic (exact) mass is 317 g/mol. The van der Waals surface area contributed by atoms with Gasteiger partial charge in [-0.25, -0.2) is 9.48 Å². The minimum absolute atomic E-state index is 0.0567. The van der Waals surface area contributed by atoms with Gasteiger partial charge in [-0.2, -0.15) is 0 Å². The van der Waals surface area contributed by atoms with Gasteiger partial charge in [-0.3, -0.25) is 0 Å². The van der Waals surface area contributed by atoms with Crippen LogP contribution in [0.4, 0.5) is 0 Å². The van der Waals surface area contributed by atoms with Gasteiger partial charge in [0.25, 0.3) is 0 Å². The van der Waals surface area contributed by atoms with E-state index in [1.165, 1.54) is 0 Å². The van der Waals surface area contributed by atoms with E-state index in [-0.39, 0.29) is 5.69 Å². The molecular formula is C17H23N3O3. The Morgan fingerprint density at radius 1 is 1.22 bits per heavy atom. The van der Waals surface area contributed by atoms with Crippen molar-refractivity contribution < 1.29 is 14.6 Å². The fourth-order valence-corrected chi connectivity index (χ4v) is 2.38. The summed E-state index contributed by atoms with van der Waals surface area (Å²) in [7, 11) is 0. The summed E-state index contributed by atoms with van der Waals surface area (Å²) >= 11 is 0. The first-order chi connectivity index (χ1) is 11.2. The number of nitrogens with zero attached hydrogens (tertiary/aromatic N) is 3. The van der Waals surface area contributed by atoms with E-state index >= 15 is 0 Å². The van der Waals surface area contributed by atoms with Gasteiger partial charge < -0.3 is 9.84 Å². The lowest BCUT2D eigenvalue weighted by molar-refractivity contribution is 0.0689. The van der Waals surface area contributed by atoms with Crippen LogP contribution in [0.2, 0.25) is 0 Å². The Balaban J connectivity index is 1.91. The van der Waals surface area contributed by atoms with Crippen LogP contribution >= 0.6 is 0 Å². The number of ether oxygens (including phenoxy) is 1. The number of carbonyl (C=O) groups is 1. The van der Waals surface area contributed by atoms with Crippen LogP contribution in [0.3, 0.4) is 0 Å². The molecule has 23 heavy (non-hydrogen) atoms. The van der Waals surface area contributed by atoms with Gasteiger partial charge in [0.05, 0.1) is 12.3 Å². The normalized spacial score (nSPS) is 10.7. The molecule has 0 unspecified atom stereocenters. The Morgan fingerprint density at radius 3 is 2.70 bits per heavy atom. The van der Waals surface area contributed by atoms with Crippen molar-refractivity contribution in [2.45, 2.75) is 45.6 Å². The van der Waals surface area contributed by atoms with Crippen LogP contribution in [0.15, 0.2) is 30.3 Å². The molecule has 0 aliphatic rings. The average molecular weight is 317 g/mol. The second kappa shape index (κ2) is 8.92. The van der Waals surface area contributed by atoms with E-state index < -0.39 is 5.97 Å². The quantitative estimate of drug-likeness (QED) is 0.681. The van der Waals surface area contributed by atoms with Crippen molar-refractivity contribution >= 4 is 5.97 Å². The smallest absolute Gasteiger partial charge is 0.358 e. The lowest BCUT2D eigenvalue weighted by atomic mass is 10.2. The van der Waals surface area contributed by atoms with Crippen molar-refractivity contribution in [3.05, 3.63) is 41.7 Å². The summed E-state index contributed by atoms with van der Waals surface area (Å²) < 4.78 is 7.37. The van der Waals surface area contributed by atoms with E-state index in [0.717, 1.165) is 31.4 Å². The Labute approximate surface area is 136 Å². The van der Waals surface area contributed by atoms with Gasteiger partial charge in [-0.1, -0.05) is 43.2 Å². The molecule has 0 aliphatic heterocycles. The van der Waals surface area contributed by atoms with Crippen molar-refractivity contribution in [2.24, 2.45) is 0 Å². The van der Waals surface area contributed by atoms with Gasteiger partial charge in [0.15, 0.2) is 5.69 Å². The summed E-state index contributed by atoms with van der Waals surface area (Å²) in [4.78, 5) is 11.3. The molecule has 1 aromatic heterocycles. The van der Waals surface area contributed by atoms with Gasteiger partial charge in [-0.05, 0) is 31.4 Å². The number of benzene rings is 1. The number of carboxylic acid groups (broad SMARTS) is 1. The molecule has 1 heterocycles. The number of rotatable bonds is 10. The first kappa shape index (κ1) is 17.0. The van der Waals surface area contributed by atoms with Crippen molar-refractivity contribution in [1.29, 1.82) is 0 Å². The number of carboxylic acids is 1.